The quantitative estimate of drug-likeness (QED) is 0.220. The third-order valence-corrected chi connectivity index (χ3v) is 0.118. The fraction of sp³-hybridized carbons (Fsp3) is 1.00. The summed E-state index contributed by atoms with van der Waals surface area (Å²) in [4.78, 5) is 0. The molecule has 0 aromatic heterocycles. The van der Waals surface area contributed by atoms with Gasteiger partial charge < -0.3 is 0 Å². The van der Waals surface area contributed by atoms with Crippen molar-refractivity contribution in [2.24, 2.45) is 5.84 Å². The SMILES string of the molecule is [B]CNN. The van der Waals surface area contributed by atoms with Gasteiger partial charge in [-0.25, -0.2) is 0 Å². The van der Waals surface area contributed by atoms with Crippen molar-refractivity contribution in [3.63, 3.8) is 0 Å². The number of rotatable bonds is 1. The predicted octanol–water partition coefficient (Wildman–Crippen LogP) is -1.42. The molecule has 2 radical (unpaired) electrons. The maximum Gasteiger partial charge on any atom is 0.0879 e. The average molecular weight is 55.9 g/mol. The van der Waals surface area contributed by atoms with E-state index in [1.807, 2.05) is 0 Å². The molecule has 0 rings (SSSR count). The molecule has 3 heteroatoms. The van der Waals surface area contributed by atoms with Gasteiger partial charge in [0.15, 0.2) is 0 Å². The van der Waals surface area contributed by atoms with E-state index in [-0.39, 0.29) is 0 Å². The van der Waals surface area contributed by atoms with E-state index in [1.165, 1.54) is 0 Å². The fourth-order valence-corrected chi connectivity index (χ4v) is 0. The van der Waals surface area contributed by atoms with E-state index in [2.05, 4.69) is 11.3 Å². The largest absolute Gasteiger partial charge is 0.272 e. The first kappa shape index (κ1) is 3.98. The van der Waals surface area contributed by atoms with E-state index in [0.717, 1.165) is 0 Å². The first-order chi connectivity index (χ1) is 1.91. The van der Waals surface area contributed by atoms with Crippen LogP contribution in [0.1, 0.15) is 0 Å². The molecule has 0 aliphatic carbocycles. The molecule has 2 nitrogen and oxygen atoms in total. The van der Waals surface area contributed by atoms with E-state index in [9.17, 15) is 0 Å². The Labute approximate surface area is 26.8 Å². The minimum atomic E-state index is 0.347. The van der Waals surface area contributed by atoms with Gasteiger partial charge in [0, 0.05) is 0 Å². The summed E-state index contributed by atoms with van der Waals surface area (Å²) < 4.78 is 0. The predicted molar refractivity (Wildman–Crippen MR) is 17.9 cm³/mol. The lowest BCUT2D eigenvalue weighted by molar-refractivity contribution is 0.865. The molecule has 3 N–H and O–H groups in total. The maximum atomic E-state index is 4.79. The zero-order chi connectivity index (χ0) is 3.41. The second-order valence-corrected chi connectivity index (χ2v) is 0.408. The lowest BCUT2D eigenvalue weighted by Crippen LogP contribution is -2.22. The van der Waals surface area contributed by atoms with Crippen molar-refractivity contribution in [2.45, 2.75) is 0 Å². The third-order valence-electron chi connectivity index (χ3n) is 0.118. The normalized spacial score (nSPS) is 7.25. The first-order valence-electron chi connectivity index (χ1n) is 1.05. The van der Waals surface area contributed by atoms with Crippen molar-refractivity contribution < 1.29 is 0 Å². The molecule has 0 aliphatic rings. The Morgan fingerprint density at radius 1 is 2.00 bits per heavy atom. The van der Waals surface area contributed by atoms with Crippen LogP contribution in [0.2, 0.25) is 0 Å². The van der Waals surface area contributed by atoms with E-state index >= 15 is 0 Å². The van der Waals surface area contributed by atoms with Crippen LogP contribution in [0.15, 0.2) is 0 Å². The molecule has 0 unspecified atom stereocenters. The third kappa shape index (κ3) is 1.98. The van der Waals surface area contributed by atoms with Crippen LogP contribution in [0, 0.1) is 0 Å². The molecule has 0 spiro atoms. The Morgan fingerprint density at radius 2 is 2.25 bits per heavy atom. The van der Waals surface area contributed by atoms with Gasteiger partial charge in [-0.1, -0.05) is 0 Å². The summed E-state index contributed by atoms with van der Waals surface area (Å²) >= 11 is 0. The molecular formula is CH5BN2. The molecule has 4 heavy (non-hydrogen) atoms. The van der Waals surface area contributed by atoms with Crippen LogP contribution in [-0.4, -0.2) is 14.3 Å². The standard InChI is InChI=1S/CH5BN2/c2-1-4-3/h4H,1,3H2. The summed E-state index contributed by atoms with van der Waals surface area (Å²) in [7, 11) is 4.79. The minimum Gasteiger partial charge on any atom is -0.272 e. The number of hydrazine groups is 1. The molecule has 0 aromatic rings. The summed E-state index contributed by atoms with van der Waals surface area (Å²) in [5.41, 5.74) is 2.21. The van der Waals surface area contributed by atoms with Crippen molar-refractivity contribution >= 4 is 7.85 Å². The second kappa shape index (κ2) is 2.98. The van der Waals surface area contributed by atoms with Crippen molar-refractivity contribution in [3.8, 4) is 0 Å². The molecule has 0 bridgehead atoms. The van der Waals surface area contributed by atoms with Gasteiger partial charge in [0.1, 0.15) is 0 Å². The molecular weight excluding hydrogens is 50.8 g/mol. The lowest BCUT2D eigenvalue weighted by atomic mass is 10.2. The number of hydrogen-bond acceptors (Lipinski definition) is 2. The van der Waals surface area contributed by atoms with Crippen LogP contribution in [-0.2, 0) is 0 Å². The van der Waals surface area contributed by atoms with Crippen LogP contribution in [0.25, 0.3) is 0 Å². The highest BCUT2D eigenvalue weighted by atomic mass is 15.2. The summed E-state index contributed by atoms with van der Waals surface area (Å²) in [6.45, 7) is 0. The number of nitrogens with one attached hydrogen (secondary N) is 1. The van der Waals surface area contributed by atoms with Crippen LogP contribution < -0.4 is 11.3 Å². The Kier molecular flexibility index (Phi) is 2.97. The maximum absolute atomic E-state index is 4.79. The summed E-state index contributed by atoms with van der Waals surface area (Å²) in [5.74, 6) is 4.65. The monoisotopic (exact) mass is 56.1 g/mol. The zero-order valence-electron chi connectivity index (χ0n) is 2.36. The van der Waals surface area contributed by atoms with E-state index in [0.29, 0.717) is 6.44 Å². The number of hydrogen-bond donors (Lipinski definition) is 2. The van der Waals surface area contributed by atoms with Gasteiger partial charge in [-0.15, -0.1) is 0 Å². The van der Waals surface area contributed by atoms with E-state index < -0.39 is 0 Å². The molecule has 0 amide bonds. The molecule has 0 fully saturated rings. The molecule has 0 heterocycles. The highest BCUT2D eigenvalue weighted by Crippen LogP contribution is 1.16. The zero-order valence-corrected chi connectivity index (χ0v) is 2.36. The Balaban J connectivity index is 1.97. The molecule has 0 aliphatic heterocycles. The Bertz CT molecular complexity index is 8.00. The highest BCUT2D eigenvalue weighted by molar-refractivity contribution is 6.08. The summed E-state index contributed by atoms with van der Waals surface area (Å²) in [5, 5.41) is 0. The molecule has 0 aromatic carbocycles. The van der Waals surface area contributed by atoms with E-state index in [4.69, 9.17) is 7.85 Å². The first-order valence-corrected chi connectivity index (χ1v) is 1.05. The van der Waals surface area contributed by atoms with Crippen LogP contribution in [0.5, 0.6) is 0 Å². The smallest absolute Gasteiger partial charge is 0.0879 e. The van der Waals surface area contributed by atoms with Crippen molar-refractivity contribution in [1.82, 2.24) is 5.43 Å². The summed E-state index contributed by atoms with van der Waals surface area (Å²) in [6.07, 6.45) is 0.347. The topological polar surface area (TPSA) is 38.0 Å². The van der Waals surface area contributed by atoms with Gasteiger partial charge in [0.05, 0.1) is 7.85 Å². The molecule has 22 valence electrons. The van der Waals surface area contributed by atoms with Gasteiger partial charge in [-0.05, 0) is 6.44 Å². The van der Waals surface area contributed by atoms with Gasteiger partial charge in [-0.3, -0.25) is 11.3 Å². The van der Waals surface area contributed by atoms with Gasteiger partial charge in [-0.2, -0.15) is 0 Å². The number of nitrogens with two attached hydrogens (primary N) is 1. The average Bonchev–Trinajstić information content (AvgIpc) is 1.37. The molecule has 0 saturated heterocycles. The summed E-state index contributed by atoms with van der Waals surface area (Å²) in [6, 6.07) is 0. The highest BCUT2D eigenvalue weighted by Gasteiger charge is 1.51. The van der Waals surface area contributed by atoms with E-state index in [1.54, 1.807) is 0 Å². The second-order valence-electron chi connectivity index (χ2n) is 0.408. The minimum absolute atomic E-state index is 0.347. The van der Waals surface area contributed by atoms with Gasteiger partial charge >= 0.3 is 0 Å². The van der Waals surface area contributed by atoms with Crippen LogP contribution in [0.4, 0.5) is 0 Å². The Morgan fingerprint density at radius 3 is 2.25 bits per heavy atom. The van der Waals surface area contributed by atoms with Crippen molar-refractivity contribution in [2.75, 3.05) is 6.44 Å². The van der Waals surface area contributed by atoms with Crippen LogP contribution >= 0.6 is 0 Å². The fourth-order valence-electron chi connectivity index (χ4n) is 0. The molecule has 0 atom stereocenters. The van der Waals surface area contributed by atoms with Crippen LogP contribution in [0.3, 0.4) is 0 Å². The van der Waals surface area contributed by atoms with Gasteiger partial charge in [0.2, 0.25) is 0 Å². The lowest BCUT2D eigenvalue weighted by Gasteiger charge is -1.77. The van der Waals surface area contributed by atoms with Crippen molar-refractivity contribution in [1.29, 1.82) is 0 Å². The van der Waals surface area contributed by atoms with Crippen molar-refractivity contribution in [3.05, 3.63) is 0 Å². The molecule has 0 saturated carbocycles. The van der Waals surface area contributed by atoms with Gasteiger partial charge in [0.25, 0.3) is 0 Å². The Hall–Kier alpha value is -0.0151.